The minimum atomic E-state index is -0.812. The smallest absolute Gasteiger partial charge is 0.339 e. The first-order chi connectivity index (χ1) is 12.6. The van der Waals surface area contributed by atoms with Gasteiger partial charge in [0.05, 0.1) is 5.56 Å². The summed E-state index contributed by atoms with van der Waals surface area (Å²) in [7, 11) is 0. The molecule has 4 heteroatoms. The molecule has 1 unspecified atom stereocenters. The van der Waals surface area contributed by atoms with Crippen molar-refractivity contribution in [2.45, 2.75) is 25.9 Å². The van der Waals surface area contributed by atoms with E-state index in [1.807, 2.05) is 54.6 Å². The predicted octanol–water partition coefficient (Wildman–Crippen LogP) is 4.12. The van der Waals surface area contributed by atoms with Crippen molar-refractivity contribution in [2.24, 2.45) is 0 Å². The Morgan fingerprint density at radius 3 is 2.69 bits per heavy atom. The Bertz CT molecular complexity index is 1010. The second-order valence-electron chi connectivity index (χ2n) is 6.49. The van der Waals surface area contributed by atoms with Gasteiger partial charge >= 0.3 is 5.97 Å². The average Bonchev–Trinajstić information content (AvgIpc) is 2.67. The standard InChI is InChI=1S/C22H19NO3/c1-2-14-7-10-19-17(11-14)13-20(26-22(19)25)21(24)23-18-9-8-15-5-3-4-6-16(15)12-18/h3-12,20H,2,13H2,1H3,(H,23,24). The third-order valence-corrected chi connectivity index (χ3v) is 4.76. The number of anilines is 1. The van der Waals surface area contributed by atoms with E-state index in [-0.39, 0.29) is 5.91 Å². The lowest BCUT2D eigenvalue weighted by molar-refractivity contribution is -0.125. The number of hydrogen-bond donors (Lipinski definition) is 1. The number of benzene rings is 3. The van der Waals surface area contributed by atoms with Crippen LogP contribution in [0, 0.1) is 0 Å². The average molecular weight is 345 g/mol. The number of aryl methyl sites for hydroxylation is 1. The molecule has 130 valence electrons. The maximum atomic E-state index is 12.6. The largest absolute Gasteiger partial charge is 0.448 e. The minimum Gasteiger partial charge on any atom is -0.448 e. The van der Waals surface area contributed by atoms with Gasteiger partial charge < -0.3 is 10.1 Å². The molecule has 1 aliphatic heterocycles. The van der Waals surface area contributed by atoms with Gasteiger partial charge in [0.15, 0.2) is 6.10 Å². The van der Waals surface area contributed by atoms with Crippen LogP contribution >= 0.6 is 0 Å². The lowest BCUT2D eigenvalue weighted by Crippen LogP contribution is -2.38. The Kier molecular flexibility index (Phi) is 4.17. The minimum absolute atomic E-state index is 0.304. The van der Waals surface area contributed by atoms with Crippen LogP contribution in [0.5, 0.6) is 0 Å². The van der Waals surface area contributed by atoms with Crippen molar-refractivity contribution in [2.75, 3.05) is 5.32 Å². The third kappa shape index (κ3) is 3.06. The molecule has 0 aromatic heterocycles. The lowest BCUT2D eigenvalue weighted by atomic mass is 9.95. The number of fused-ring (bicyclic) bond motifs is 2. The number of carbonyl (C=O) groups excluding carboxylic acids is 2. The van der Waals surface area contributed by atoms with Crippen molar-refractivity contribution in [1.82, 2.24) is 0 Å². The number of esters is 1. The van der Waals surface area contributed by atoms with Gasteiger partial charge in [0.1, 0.15) is 0 Å². The first kappa shape index (κ1) is 16.3. The number of amides is 1. The summed E-state index contributed by atoms with van der Waals surface area (Å²) in [5, 5.41) is 5.02. The predicted molar refractivity (Wildman–Crippen MR) is 101 cm³/mol. The van der Waals surface area contributed by atoms with Crippen LogP contribution < -0.4 is 5.32 Å². The van der Waals surface area contributed by atoms with Crippen LogP contribution in [-0.4, -0.2) is 18.0 Å². The highest BCUT2D eigenvalue weighted by molar-refractivity contribution is 6.01. The molecule has 3 aromatic rings. The summed E-state index contributed by atoms with van der Waals surface area (Å²) in [6, 6.07) is 19.4. The van der Waals surface area contributed by atoms with Crippen LogP contribution in [0.2, 0.25) is 0 Å². The molecule has 1 aliphatic rings. The van der Waals surface area contributed by atoms with E-state index < -0.39 is 12.1 Å². The van der Waals surface area contributed by atoms with E-state index in [9.17, 15) is 9.59 Å². The highest BCUT2D eigenvalue weighted by Crippen LogP contribution is 2.24. The molecule has 0 radical (unpaired) electrons. The van der Waals surface area contributed by atoms with Gasteiger partial charge in [-0.1, -0.05) is 49.4 Å². The fraction of sp³-hybridized carbons (Fsp3) is 0.182. The molecule has 0 aliphatic carbocycles. The van der Waals surface area contributed by atoms with Crippen LogP contribution in [0.15, 0.2) is 60.7 Å². The molecular formula is C22H19NO3. The van der Waals surface area contributed by atoms with E-state index in [0.29, 0.717) is 17.7 Å². The zero-order chi connectivity index (χ0) is 18.1. The Hall–Kier alpha value is -3.14. The van der Waals surface area contributed by atoms with E-state index in [1.54, 1.807) is 6.07 Å². The molecule has 0 bridgehead atoms. The molecule has 26 heavy (non-hydrogen) atoms. The summed E-state index contributed by atoms with van der Waals surface area (Å²) >= 11 is 0. The second kappa shape index (κ2) is 6.64. The van der Waals surface area contributed by atoms with Gasteiger partial charge in [-0.05, 0) is 46.5 Å². The summed E-state index contributed by atoms with van der Waals surface area (Å²) in [5.41, 5.74) is 3.27. The number of hydrogen-bond acceptors (Lipinski definition) is 3. The Morgan fingerprint density at radius 1 is 1.08 bits per heavy atom. The van der Waals surface area contributed by atoms with Gasteiger partial charge in [0, 0.05) is 12.1 Å². The highest BCUT2D eigenvalue weighted by Gasteiger charge is 2.31. The number of cyclic esters (lactones) is 1. The normalized spacial score (nSPS) is 16.0. The highest BCUT2D eigenvalue weighted by atomic mass is 16.5. The van der Waals surface area contributed by atoms with Crippen molar-refractivity contribution in [1.29, 1.82) is 0 Å². The van der Waals surface area contributed by atoms with Gasteiger partial charge in [-0.3, -0.25) is 4.79 Å². The molecule has 1 N–H and O–H groups in total. The fourth-order valence-electron chi connectivity index (χ4n) is 3.31. The van der Waals surface area contributed by atoms with Crippen LogP contribution in [0.3, 0.4) is 0 Å². The fourth-order valence-corrected chi connectivity index (χ4v) is 3.31. The van der Waals surface area contributed by atoms with Crippen LogP contribution in [0.1, 0.15) is 28.4 Å². The molecular weight excluding hydrogens is 326 g/mol. The maximum absolute atomic E-state index is 12.6. The molecule has 3 aromatic carbocycles. The molecule has 0 spiro atoms. The number of ether oxygens (including phenoxy) is 1. The summed E-state index contributed by atoms with van der Waals surface area (Å²) in [6.45, 7) is 2.06. The molecule has 0 saturated carbocycles. The van der Waals surface area contributed by atoms with Crippen molar-refractivity contribution >= 4 is 28.3 Å². The van der Waals surface area contributed by atoms with Gasteiger partial charge in [-0.15, -0.1) is 0 Å². The quantitative estimate of drug-likeness (QED) is 0.727. The first-order valence-electron chi connectivity index (χ1n) is 8.76. The Morgan fingerprint density at radius 2 is 1.88 bits per heavy atom. The van der Waals surface area contributed by atoms with Gasteiger partial charge in [-0.25, -0.2) is 4.79 Å². The number of nitrogens with one attached hydrogen (secondary N) is 1. The van der Waals surface area contributed by atoms with E-state index in [1.165, 1.54) is 0 Å². The summed E-state index contributed by atoms with van der Waals surface area (Å²) in [5.74, 6) is -0.742. The van der Waals surface area contributed by atoms with Gasteiger partial charge in [0.25, 0.3) is 5.91 Å². The first-order valence-corrected chi connectivity index (χ1v) is 8.76. The summed E-state index contributed by atoms with van der Waals surface area (Å²) in [4.78, 5) is 24.9. The number of carbonyl (C=O) groups is 2. The molecule has 1 heterocycles. The molecule has 0 fully saturated rings. The number of rotatable bonds is 3. The Labute approximate surface area is 151 Å². The van der Waals surface area contributed by atoms with E-state index in [4.69, 9.17) is 4.74 Å². The van der Waals surface area contributed by atoms with Crippen LogP contribution in [0.25, 0.3) is 10.8 Å². The Balaban J connectivity index is 1.55. The van der Waals surface area contributed by atoms with Crippen molar-refractivity contribution in [3.05, 3.63) is 77.4 Å². The molecule has 1 atom stereocenters. The van der Waals surface area contributed by atoms with Crippen LogP contribution in [-0.2, 0) is 22.4 Å². The van der Waals surface area contributed by atoms with Crippen molar-refractivity contribution < 1.29 is 14.3 Å². The second-order valence-corrected chi connectivity index (χ2v) is 6.49. The molecule has 4 nitrogen and oxygen atoms in total. The monoisotopic (exact) mass is 345 g/mol. The topological polar surface area (TPSA) is 55.4 Å². The lowest BCUT2D eigenvalue weighted by Gasteiger charge is -2.24. The van der Waals surface area contributed by atoms with Gasteiger partial charge in [0.2, 0.25) is 0 Å². The zero-order valence-electron chi connectivity index (χ0n) is 14.5. The molecule has 4 rings (SSSR count). The summed E-state index contributed by atoms with van der Waals surface area (Å²) in [6.07, 6.45) is 0.471. The SMILES string of the molecule is CCc1ccc2c(c1)CC(C(=O)Nc1ccc3ccccc3c1)OC2=O. The maximum Gasteiger partial charge on any atom is 0.339 e. The summed E-state index contributed by atoms with van der Waals surface area (Å²) < 4.78 is 5.36. The van der Waals surface area contributed by atoms with E-state index >= 15 is 0 Å². The van der Waals surface area contributed by atoms with Gasteiger partial charge in [-0.2, -0.15) is 0 Å². The molecule has 0 saturated heterocycles. The van der Waals surface area contributed by atoms with E-state index in [2.05, 4.69) is 12.2 Å². The van der Waals surface area contributed by atoms with Crippen LogP contribution in [0.4, 0.5) is 5.69 Å². The third-order valence-electron chi connectivity index (χ3n) is 4.76. The van der Waals surface area contributed by atoms with E-state index in [0.717, 1.165) is 28.3 Å². The van der Waals surface area contributed by atoms with Crippen molar-refractivity contribution in [3.63, 3.8) is 0 Å². The van der Waals surface area contributed by atoms with Crippen molar-refractivity contribution in [3.8, 4) is 0 Å². The molecule has 1 amide bonds. The zero-order valence-corrected chi connectivity index (χ0v) is 14.5.